The van der Waals surface area contributed by atoms with Crippen molar-refractivity contribution in [1.29, 1.82) is 0 Å². The molecule has 3 heteroatoms. The van der Waals surface area contributed by atoms with Crippen LogP contribution in [0.1, 0.15) is 18.1 Å². The van der Waals surface area contributed by atoms with Crippen molar-refractivity contribution in [3.63, 3.8) is 0 Å². The molecule has 0 aromatic heterocycles. The number of aliphatic hydroxyl groups excluding tert-OH is 1. The fourth-order valence-corrected chi connectivity index (χ4v) is 2.61. The molecule has 19 heavy (non-hydrogen) atoms. The van der Waals surface area contributed by atoms with Crippen LogP contribution in [-0.2, 0) is 11.8 Å². The Balaban J connectivity index is 2.32. The van der Waals surface area contributed by atoms with E-state index in [9.17, 15) is 5.11 Å². The van der Waals surface area contributed by atoms with E-state index in [0.717, 1.165) is 11.1 Å². The lowest BCUT2D eigenvalue weighted by Gasteiger charge is -2.28. The van der Waals surface area contributed by atoms with Crippen LogP contribution in [0.2, 0.25) is 10.0 Å². The maximum Gasteiger partial charge on any atom is 0.0528 e. The van der Waals surface area contributed by atoms with E-state index in [0.29, 0.717) is 16.5 Å². The van der Waals surface area contributed by atoms with E-state index in [1.54, 1.807) is 0 Å². The van der Waals surface area contributed by atoms with Gasteiger partial charge in [0.1, 0.15) is 0 Å². The van der Waals surface area contributed by atoms with E-state index < -0.39 is 0 Å². The first-order valence-electron chi connectivity index (χ1n) is 6.15. The normalized spacial score (nSPS) is 14.1. The summed E-state index contributed by atoms with van der Waals surface area (Å²) in [4.78, 5) is 0. The molecule has 1 unspecified atom stereocenters. The third kappa shape index (κ3) is 3.50. The first kappa shape index (κ1) is 14.4. The zero-order valence-electron chi connectivity index (χ0n) is 10.7. The fraction of sp³-hybridized carbons (Fsp3) is 0.250. The molecule has 0 saturated heterocycles. The quantitative estimate of drug-likeness (QED) is 0.881. The summed E-state index contributed by atoms with van der Waals surface area (Å²) in [6.45, 7) is 2.08. The Hall–Kier alpha value is -1.02. The predicted molar refractivity (Wildman–Crippen MR) is 81.0 cm³/mol. The van der Waals surface area contributed by atoms with Crippen LogP contribution in [0.15, 0.2) is 48.5 Å². The fourth-order valence-electron chi connectivity index (χ4n) is 2.21. The monoisotopic (exact) mass is 294 g/mol. The molecule has 0 radical (unpaired) electrons. The molecule has 0 amide bonds. The first-order valence-corrected chi connectivity index (χ1v) is 6.90. The van der Waals surface area contributed by atoms with Crippen molar-refractivity contribution >= 4 is 23.2 Å². The molecular formula is C16H16Cl2O. The van der Waals surface area contributed by atoms with Crippen molar-refractivity contribution in [2.24, 2.45) is 0 Å². The Morgan fingerprint density at radius 3 is 2.21 bits per heavy atom. The summed E-state index contributed by atoms with van der Waals surface area (Å²) in [6, 6.07) is 15.4. The average molecular weight is 295 g/mol. The van der Waals surface area contributed by atoms with Crippen molar-refractivity contribution in [3.8, 4) is 0 Å². The lowest BCUT2D eigenvalue weighted by molar-refractivity contribution is 0.204. The second kappa shape index (κ2) is 5.96. The first-order chi connectivity index (χ1) is 9.03. The van der Waals surface area contributed by atoms with Gasteiger partial charge in [-0.25, -0.2) is 0 Å². The van der Waals surface area contributed by atoms with Crippen molar-refractivity contribution in [3.05, 3.63) is 69.7 Å². The van der Waals surface area contributed by atoms with E-state index in [4.69, 9.17) is 23.2 Å². The highest BCUT2D eigenvalue weighted by Crippen LogP contribution is 2.30. The molecule has 0 bridgehead atoms. The van der Waals surface area contributed by atoms with Crippen LogP contribution in [0.5, 0.6) is 0 Å². The lowest BCUT2D eigenvalue weighted by atomic mass is 9.78. The third-order valence-corrected chi connectivity index (χ3v) is 3.82. The topological polar surface area (TPSA) is 20.2 Å². The van der Waals surface area contributed by atoms with Crippen LogP contribution in [-0.4, -0.2) is 11.7 Å². The molecule has 0 aliphatic rings. The Morgan fingerprint density at radius 1 is 1.00 bits per heavy atom. The highest BCUT2D eigenvalue weighted by Gasteiger charge is 2.26. The number of benzene rings is 2. The zero-order chi connectivity index (χ0) is 13.9. The number of rotatable bonds is 4. The average Bonchev–Trinajstić information content (AvgIpc) is 2.38. The highest BCUT2D eigenvalue weighted by molar-refractivity contribution is 6.30. The molecule has 100 valence electrons. The van der Waals surface area contributed by atoms with Gasteiger partial charge < -0.3 is 5.11 Å². The minimum Gasteiger partial charge on any atom is -0.395 e. The maximum absolute atomic E-state index is 9.78. The molecule has 2 rings (SSSR count). The number of hydrogen-bond donors (Lipinski definition) is 1. The Morgan fingerprint density at radius 2 is 1.63 bits per heavy atom. The molecule has 0 fully saturated rings. The summed E-state index contributed by atoms with van der Waals surface area (Å²) in [7, 11) is 0. The molecule has 2 aromatic carbocycles. The summed E-state index contributed by atoms with van der Waals surface area (Å²) in [5, 5.41) is 11.2. The Labute approximate surface area is 123 Å². The van der Waals surface area contributed by atoms with Gasteiger partial charge in [0, 0.05) is 15.5 Å². The molecule has 0 saturated carbocycles. The molecule has 0 heterocycles. The summed E-state index contributed by atoms with van der Waals surface area (Å²) >= 11 is 12.0. The molecule has 2 aromatic rings. The van der Waals surface area contributed by atoms with Gasteiger partial charge in [-0.1, -0.05) is 54.4 Å². The molecule has 1 N–H and O–H groups in total. The molecule has 1 atom stereocenters. The zero-order valence-corrected chi connectivity index (χ0v) is 12.2. The summed E-state index contributed by atoms with van der Waals surface area (Å²) in [6.07, 6.45) is 0.713. The maximum atomic E-state index is 9.78. The van der Waals surface area contributed by atoms with Crippen molar-refractivity contribution in [2.45, 2.75) is 18.8 Å². The van der Waals surface area contributed by atoms with E-state index in [1.165, 1.54) is 0 Å². The van der Waals surface area contributed by atoms with Crippen molar-refractivity contribution < 1.29 is 5.11 Å². The molecule has 0 aliphatic carbocycles. The molecule has 0 spiro atoms. The minimum absolute atomic E-state index is 0.0554. The van der Waals surface area contributed by atoms with Gasteiger partial charge in [-0.3, -0.25) is 0 Å². The van der Waals surface area contributed by atoms with Gasteiger partial charge in [0.15, 0.2) is 0 Å². The van der Waals surface area contributed by atoms with Gasteiger partial charge in [0.05, 0.1) is 6.61 Å². The minimum atomic E-state index is -0.365. The van der Waals surface area contributed by atoms with Crippen molar-refractivity contribution in [2.75, 3.05) is 6.61 Å². The standard InChI is InChI=1S/C16H16Cl2O/c1-16(11-19,13-5-3-7-15(18)9-13)10-12-4-2-6-14(17)8-12/h2-9,19H,10-11H2,1H3. The summed E-state index contributed by atoms with van der Waals surface area (Å²) in [5.74, 6) is 0. The van der Waals surface area contributed by atoms with Gasteiger partial charge in [0.25, 0.3) is 0 Å². The second-order valence-electron chi connectivity index (χ2n) is 5.04. The number of halogens is 2. The largest absolute Gasteiger partial charge is 0.395 e. The van der Waals surface area contributed by atoms with Crippen molar-refractivity contribution in [1.82, 2.24) is 0 Å². The van der Waals surface area contributed by atoms with E-state index >= 15 is 0 Å². The SMILES string of the molecule is CC(CO)(Cc1cccc(Cl)c1)c1cccc(Cl)c1. The van der Waals surface area contributed by atoms with Gasteiger partial charge in [-0.2, -0.15) is 0 Å². The lowest BCUT2D eigenvalue weighted by Crippen LogP contribution is -2.29. The Kier molecular flexibility index (Phi) is 4.51. The summed E-state index contributed by atoms with van der Waals surface area (Å²) in [5.41, 5.74) is 1.77. The van der Waals surface area contributed by atoms with Gasteiger partial charge in [0.2, 0.25) is 0 Å². The highest BCUT2D eigenvalue weighted by atomic mass is 35.5. The van der Waals surface area contributed by atoms with Crippen LogP contribution in [0, 0.1) is 0 Å². The number of hydrogen-bond acceptors (Lipinski definition) is 1. The van der Waals surface area contributed by atoms with Crippen LogP contribution >= 0.6 is 23.2 Å². The van der Waals surface area contributed by atoms with E-state index in [-0.39, 0.29) is 12.0 Å². The predicted octanol–water partition coefficient (Wildman–Crippen LogP) is 4.49. The van der Waals surface area contributed by atoms with Crippen LogP contribution < -0.4 is 0 Å². The van der Waals surface area contributed by atoms with E-state index in [2.05, 4.69) is 0 Å². The molecule has 0 aliphatic heterocycles. The number of aliphatic hydroxyl groups is 1. The Bertz CT molecular complexity index is 568. The summed E-state index contributed by atoms with van der Waals surface area (Å²) < 4.78 is 0. The van der Waals surface area contributed by atoms with E-state index in [1.807, 2.05) is 55.5 Å². The molecule has 1 nitrogen and oxygen atoms in total. The van der Waals surface area contributed by atoms with Crippen LogP contribution in [0.3, 0.4) is 0 Å². The van der Waals surface area contributed by atoms with Gasteiger partial charge >= 0.3 is 0 Å². The smallest absolute Gasteiger partial charge is 0.0528 e. The van der Waals surface area contributed by atoms with Gasteiger partial charge in [-0.05, 0) is 41.8 Å². The molecular weight excluding hydrogens is 279 g/mol. The third-order valence-electron chi connectivity index (χ3n) is 3.35. The van der Waals surface area contributed by atoms with Crippen LogP contribution in [0.25, 0.3) is 0 Å². The van der Waals surface area contributed by atoms with Gasteiger partial charge in [-0.15, -0.1) is 0 Å². The van der Waals surface area contributed by atoms with Crippen LogP contribution in [0.4, 0.5) is 0 Å². The second-order valence-corrected chi connectivity index (χ2v) is 5.91.